The standard InChI is InChI=1S/C26H20N4O5S/c1-33-25(31)22-23(27-30(24(22)26(32)34-2)18-6-4-3-5-7-18)17-9-11-19(12-10-17)35-15-16-8-13-20-21(14-16)29-36-28-20/h3-14H,15H2,1-2H3. The molecule has 0 atom stereocenters. The van der Waals surface area contributed by atoms with Crippen LogP contribution in [0, 0.1) is 0 Å². The number of rotatable bonds is 7. The van der Waals surface area contributed by atoms with Crippen molar-refractivity contribution < 1.29 is 23.8 Å². The van der Waals surface area contributed by atoms with Crippen LogP contribution in [0.5, 0.6) is 5.75 Å². The molecule has 2 aromatic heterocycles. The molecular weight excluding hydrogens is 480 g/mol. The molecule has 0 saturated carbocycles. The van der Waals surface area contributed by atoms with E-state index in [2.05, 4.69) is 13.8 Å². The minimum Gasteiger partial charge on any atom is -0.489 e. The number of para-hydroxylation sites is 1. The fraction of sp³-hybridized carbons (Fsp3) is 0.115. The maximum absolute atomic E-state index is 12.8. The van der Waals surface area contributed by atoms with E-state index >= 15 is 0 Å². The van der Waals surface area contributed by atoms with Crippen LogP contribution in [-0.4, -0.2) is 44.7 Å². The summed E-state index contributed by atoms with van der Waals surface area (Å²) in [6.07, 6.45) is 0. The quantitative estimate of drug-likeness (QED) is 0.296. The van der Waals surface area contributed by atoms with Crippen LogP contribution in [0.3, 0.4) is 0 Å². The fourth-order valence-electron chi connectivity index (χ4n) is 3.75. The zero-order chi connectivity index (χ0) is 25.1. The van der Waals surface area contributed by atoms with E-state index in [4.69, 9.17) is 14.2 Å². The Kier molecular flexibility index (Phi) is 6.42. The normalized spacial score (nSPS) is 10.8. The number of nitrogens with zero attached hydrogens (tertiary/aromatic N) is 4. The second kappa shape index (κ2) is 9.96. The number of carbonyl (C=O) groups is 2. The van der Waals surface area contributed by atoms with Crippen LogP contribution in [-0.2, 0) is 16.1 Å². The van der Waals surface area contributed by atoms with E-state index in [1.165, 1.54) is 30.6 Å². The van der Waals surface area contributed by atoms with Gasteiger partial charge in [-0.25, -0.2) is 14.3 Å². The highest BCUT2D eigenvalue weighted by Gasteiger charge is 2.31. The summed E-state index contributed by atoms with van der Waals surface area (Å²) in [4.78, 5) is 25.5. The summed E-state index contributed by atoms with van der Waals surface area (Å²) in [6.45, 7) is 0.356. The molecule has 0 radical (unpaired) electrons. The Balaban J connectivity index is 1.48. The van der Waals surface area contributed by atoms with Gasteiger partial charge in [-0.05, 0) is 54.1 Å². The molecule has 5 rings (SSSR count). The van der Waals surface area contributed by atoms with Crippen LogP contribution in [0.4, 0.5) is 0 Å². The lowest BCUT2D eigenvalue weighted by atomic mass is 10.1. The molecule has 0 bridgehead atoms. The molecule has 0 aliphatic carbocycles. The molecular formula is C26H20N4O5S. The van der Waals surface area contributed by atoms with Crippen LogP contribution in [0.15, 0.2) is 72.8 Å². The Labute approximate surface area is 210 Å². The Bertz CT molecular complexity index is 1540. The molecule has 180 valence electrons. The third-order valence-corrected chi connectivity index (χ3v) is 6.06. The monoisotopic (exact) mass is 500 g/mol. The van der Waals surface area contributed by atoms with Crippen LogP contribution in [0.1, 0.15) is 26.4 Å². The van der Waals surface area contributed by atoms with Gasteiger partial charge in [-0.3, -0.25) is 0 Å². The van der Waals surface area contributed by atoms with Crippen molar-refractivity contribution in [3.63, 3.8) is 0 Å². The molecule has 2 heterocycles. The number of benzene rings is 3. The lowest BCUT2D eigenvalue weighted by molar-refractivity contribution is 0.0549. The summed E-state index contributed by atoms with van der Waals surface area (Å²) in [5.41, 5.74) is 4.16. The SMILES string of the molecule is COC(=O)c1c(-c2ccc(OCc3ccc4nsnc4c3)cc2)nn(-c2ccccc2)c1C(=O)OC. The van der Waals surface area contributed by atoms with E-state index in [-0.39, 0.29) is 11.3 Å². The Hall–Kier alpha value is -4.57. The summed E-state index contributed by atoms with van der Waals surface area (Å²) in [5, 5.41) is 4.60. The molecule has 0 fully saturated rings. The molecule has 0 spiro atoms. The first-order valence-corrected chi connectivity index (χ1v) is 11.6. The summed E-state index contributed by atoms with van der Waals surface area (Å²) in [5.74, 6) is -0.768. The van der Waals surface area contributed by atoms with E-state index in [9.17, 15) is 9.59 Å². The first-order valence-electron chi connectivity index (χ1n) is 10.9. The molecule has 0 aliphatic heterocycles. The second-order valence-electron chi connectivity index (χ2n) is 7.70. The van der Waals surface area contributed by atoms with E-state index in [0.717, 1.165) is 16.6 Å². The molecule has 9 nitrogen and oxygen atoms in total. The van der Waals surface area contributed by atoms with Crippen molar-refractivity contribution in [1.82, 2.24) is 18.5 Å². The van der Waals surface area contributed by atoms with Crippen molar-refractivity contribution in [2.45, 2.75) is 6.61 Å². The van der Waals surface area contributed by atoms with E-state index in [1.807, 2.05) is 36.4 Å². The van der Waals surface area contributed by atoms with E-state index in [1.54, 1.807) is 36.4 Å². The predicted molar refractivity (Wildman–Crippen MR) is 133 cm³/mol. The first kappa shape index (κ1) is 23.2. The summed E-state index contributed by atoms with van der Waals surface area (Å²) >= 11 is 1.17. The van der Waals surface area contributed by atoms with Gasteiger partial charge in [0, 0.05) is 5.56 Å². The van der Waals surface area contributed by atoms with Gasteiger partial charge in [0.1, 0.15) is 34.6 Å². The second-order valence-corrected chi connectivity index (χ2v) is 8.23. The van der Waals surface area contributed by atoms with Gasteiger partial charge in [0.05, 0.1) is 31.6 Å². The molecule has 5 aromatic rings. The van der Waals surface area contributed by atoms with Crippen molar-refractivity contribution in [2.75, 3.05) is 14.2 Å². The predicted octanol–water partition coefficient (Wildman–Crippen LogP) is 4.70. The maximum Gasteiger partial charge on any atom is 0.357 e. The molecule has 0 unspecified atom stereocenters. The van der Waals surface area contributed by atoms with Crippen LogP contribution in [0.2, 0.25) is 0 Å². The van der Waals surface area contributed by atoms with E-state index < -0.39 is 11.9 Å². The molecule has 36 heavy (non-hydrogen) atoms. The van der Waals surface area contributed by atoms with Gasteiger partial charge in [-0.15, -0.1) is 0 Å². The summed E-state index contributed by atoms with van der Waals surface area (Å²) < 4.78 is 25.7. The highest BCUT2D eigenvalue weighted by atomic mass is 32.1. The van der Waals surface area contributed by atoms with Crippen LogP contribution >= 0.6 is 11.7 Å². The number of carbonyl (C=O) groups excluding carboxylic acids is 2. The molecule has 0 N–H and O–H groups in total. The highest BCUT2D eigenvalue weighted by molar-refractivity contribution is 7.00. The number of ether oxygens (including phenoxy) is 3. The van der Waals surface area contributed by atoms with Crippen molar-refractivity contribution in [2.24, 2.45) is 0 Å². The Morgan fingerprint density at radius 2 is 1.58 bits per heavy atom. The smallest absolute Gasteiger partial charge is 0.357 e. The molecule has 0 aliphatic rings. The van der Waals surface area contributed by atoms with Gasteiger partial charge >= 0.3 is 11.9 Å². The zero-order valence-corrected chi connectivity index (χ0v) is 20.2. The van der Waals surface area contributed by atoms with Gasteiger partial charge in [0.15, 0.2) is 5.69 Å². The van der Waals surface area contributed by atoms with Crippen molar-refractivity contribution in [3.8, 4) is 22.7 Å². The van der Waals surface area contributed by atoms with Crippen molar-refractivity contribution >= 4 is 34.7 Å². The topological polar surface area (TPSA) is 105 Å². The third-order valence-electron chi connectivity index (χ3n) is 5.51. The number of hydrogen-bond acceptors (Lipinski definition) is 9. The fourth-order valence-corrected chi connectivity index (χ4v) is 4.27. The lowest BCUT2D eigenvalue weighted by Crippen LogP contribution is -2.15. The molecule has 0 saturated heterocycles. The summed E-state index contributed by atoms with van der Waals surface area (Å²) in [7, 11) is 2.50. The average molecular weight is 501 g/mol. The molecule has 3 aromatic carbocycles. The maximum atomic E-state index is 12.8. The highest BCUT2D eigenvalue weighted by Crippen LogP contribution is 2.30. The average Bonchev–Trinajstić information content (AvgIpc) is 3.56. The third kappa shape index (κ3) is 4.41. The number of aromatic nitrogens is 4. The van der Waals surface area contributed by atoms with Gasteiger partial charge in [-0.2, -0.15) is 13.8 Å². The Morgan fingerprint density at radius 3 is 2.31 bits per heavy atom. The van der Waals surface area contributed by atoms with E-state index in [0.29, 0.717) is 29.3 Å². The van der Waals surface area contributed by atoms with Crippen LogP contribution < -0.4 is 4.74 Å². The largest absolute Gasteiger partial charge is 0.489 e. The van der Waals surface area contributed by atoms with Gasteiger partial charge in [0.2, 0.25) is 0 Å². The minimum atomic E-state index is -0.703. The molecule has 0 amide bonds. The Morgan fingerprint density at radius 1 is 0.861 bits per heavy atom. The van der Waals surface area contributed by atoms with Crippen molar-refractivity contribution in [1.29, 1.82) is 0 Å². The minimum absolute atomic E-state index is 0.0159. The summed E-state index contributed by atoms with van der Waals surface area (Å²) in [6, 6.07) is 21.9. The van der Waals surface area contributed by atoms with Gasteiger partial charge in [0.25, 0.3) is 0 Å². The molecule has 10 heteroatoms. The first-order chi connectivity index (χ1) is 17.6. The van der Waals surface area contributed by atoms with Gasteiger partial charge < -0.3 is 14.2 Å². The zero-order valence-electron chi connectivity index (χ0n) is 19.4. The number of esters is 2. The number of fused-ring (bicyclic) bond motifs is 1. The number of methoxy groups -OCH3 is 2. The lowest BCUT2D eigenvalue weighted by Gasteiger charge is -2.08. The van der Waals surface area contributed by atoms with Gasteiger partial charge in [-0.1, -0.05) is 24.3 Å². The van der Waals surface area contributed by atoms with Crippen LogP contribution in [0.25, 0.3) is 28.0 Å². The number of hydrogen-bond donors (Lipinski definition) is 0. The van der Waals surface area contributed by atoms with Crippen molar-refractivity contribution in [3.05, 3.63) is 89.6 Å².